The van der Waals surface area contributed by atoms with Crippen LogP contribution in [0.5, 0.6) is 0 Å². The van der Waals surface area contributed by atoms with Crippen molar-refractivity contribution in [3.05, 3.63) is 35.4 Å². The number of thiocyanates is 1. The van der Waals surface area contributed by atoms with E-state index in [1.54, 1.807) is 13.8 Å². The zero-order valence-corrected chi connectivity index (χ0v) is 10.2. The van der Waals surface area contributed by atoms with Gasteiger partial charge in [0.05, 0.1) is 5.25 Å². The molecule has 1 atom stereocenters. The van der Waals surface area contributed by atoms with Gasteiger partial charge in [0.15, 0.2) is 17.4 Å². The van der Waals surface area contributed by atoms with E-state index < -0.39 is 16.9 Å². The number of Topliss-reactive ketones (excluding diaryl/α,β-unsaturated/α-hetero) is 1. The normalized spacial score (nSPS) is 12.2. The average molecular weight is 255 g/mol. The van der Waals surface area contributed by atoms with E-state index in [4.69, 9.17) is 5.26 Å². The molecule has 0 bridgehead atoms. The van der Waals surface area contributed by atoms with E-state index >= 15 is 0 Å². The Labute approximate surface area is 103 Å². The van der Waals surface area contributed by atoms with Crippen LogP contribution in [0, 0.1) is 28.2 Å². The molecule has 1 unspecified atom stereocenters. The Hall–Kier alpha value is -1.41. The van der Waals surface area contributed by atoms with Gasteiger partial charge in [-0.3, -0.25) is 4.79 Å². The molecule has 0 saturated heterocycles. The van der Waals surface area contributed by atoms with E-state index in [1.807, 2.05) is 5.40 Å². The number of nitrogens with zero attached hydrogens (tertiary/aromatic N) is 1. The monoisotopic (exact) mass is 255 g/mol. The van der Waals surface area contributed by atoms with Crippen molar-refractivity contribution >= 4 is 17.5 Å². The van der Waals surface area contributed by atoms with Gasteiger partial charge in [-0.05, 0) is 35.9 Å². The summed E-state index contributed by atoms with van der Waals surface area (Å²) in [6.07, 6.45) is 0. The van der Waals surface area contributed by atoms with Gasteiger partial charge >= 0.3 is 0 Å². The average Bonchev–Trinajstić information content (AvgIpc) is 2.28. The molecule has 0 aliphatic carbocycles. The molecule has 1 aromatic carbocycles. The maximum absolute atomic E-state index is 13.0. The van der Waals surface area contributed by atoms with Crippen molar-refractivity contribution in [2.75, 3.05) is 0 Å². The SMILES string of the molecule is CC(C)C(SC#N)C(=O)c1ccc(F)c(F)c1. The Kier molecular flexibility index (Phi) is 4.64. The van der Waals surface area contributed by atoms with Crippen LogP contribution >= 0.6 is 11.8 Å². The molecule has 0 spiro atoms. The highest BCUT2D eigenvalue weighted by atomic mass is 32.2. The molecule has 1 aromatic rings. The van der Waals surface area contributed by atoms with Crippen molar-refractivity contribution in [1.82, 2.24) is 0 Å². The summed E-state index contributed by atoms with van der Waals surface area (Å²) < 4.78 is 25.7. The molecule has 0 amide bonds. The van der Waals surface area contributed by atoms with E-state index in [0.717, 1.165) is 23.9 Å². The van der Waals surface area contributed by atoms with Crippen molar-refractivity contribution in [3.63, 3.8) is 0 Å². The van der Waals surface area contributed by atoms with Gasteiger partial charge in [-0.25, -0.2) is 8.78 Å². The van der Waals surface area contributed by atoms with Crippen LogP contribution < -0.4 is 0 Å². The molecule has 90 valence electrons. The highest BCUT2D eigenvalue weighted by Crippen LogP contribution is 2.23. The first-order chi connectivity index (χ1) is 7.97. The lowest BCUT2D eigenvalue weighted by Crippen LogP contribution is -2.23. The second-order valence-corrected chi connectivity index (χ2v) is 4.79. The first-order valence-corrected chi connectivity index (χ1v) is 5.89. The standard InChI is InChI=1S/C12H11F2NOS/c1-7(2)12(17-6-15)11(16)8-3-4-9(13)10(14)5-8/h3-5,7,12H,1-2H3. The van der Waals surface area contributed by atoms with E-state index in [1.165, 1.54) is 6.07 Å². The van der Waals surface area contributed by atoms with Gasteiger partial charge in [-0.1, -0.05) is 13.8 Å². The molecule has 1 rings (SSSR count). The summed E-state index contributed by atoms with van der Waals surface area (Å²) in [6, 6.07) is 3.01. The zero-order chi connectivity index (χ0) is 13.0. The second-order valence-electron chi connectivity index (χ2n) is 3.87. The number of hydrogen-bond donors (Lipinski definition) is 0. The van der Waals surface area contributed by atoms with Crippen LogP contribution in [0.15, 0.2) is 18.2 Å². The van der Waals surface area contributed by atoms with E-state index in [2.05, 4.69) is 0 Å². The predicted octanol–water partition coefficient (Wildman–Crippen LogP) is 3.39. The van der Waals surface area contributed by atoms with Crippen LogP contribution in [0.3, 0.4) is 0 Å². The number of halogens is 2. The zero-order valence-electron chi connectivity index (χ0n) is 9.41. The third-order valence-corrected chi connectivity index (χ3v) is 3.37. The first kappa shape index (κ1) is 13.7. The smallest absolute Gasteiger partial charge is 0.177 e. The third kappa shape index (κ3) is 3.27. The number of thioether (sulfide) groups is 1. The molecule has 2 nitrogen and oxygen atoms in total. The Morgan fingerprint density at radius 3 is 2.47 bits per heavy atom. The largest absolute Gasteiger partial charge is 0.293 e. The predicted molar refractivity (Wildman–Crippen MR) is 62.5 cm³/mol. The highest BCUT2D eigenvalue weighted by molar-refractivity contribution is 8.05. The molecule has 0 aliphatic heterocycles. The van der Waals surface area contributed by atoms with E-state index in [9.17, 15) is 13.6 Å². The van der Waals surface area contributed by atoms with Crippen molar-refractivity contribution in [1.29, 1.82) is 5.26 Å². The molecule has 0 aromatic heterocycles. The molecule has 0 heterocycles. The van der Waals surface area contributed by atoms with E-state index in [0.29, 0.717) is 0 Å². The van der Waals surface area contributed by atoms with E-state index in [-0.39, 0.29) is 17.3 Å². The summed E-state index contributed by atoms with van der Waals surface area (Å²) >= 11 is 0.837. The maximum atomic E-state index is 13.0. The van der Waals surface area contributed by atoms with Gasteiger partial charge in [0, 0.05) is 5.56 Å². The van der Waals surface area contributed by atoms with Crippen molar-refractivity contribution in [2.24, 2.45) is 5.92 Å². The van der Waals surface area contributed by atoms with Crippen molar-refractivity contribution in [2.45, 2.75) is 19.1 Å². The Balaban J connectivity index is 3.02. The molecule has 0 saturated carbocycles. The fourth-order valence-electron chi connectivity index (χ4n) is 1.36. The van der Waals surface area contributed by atoms with Crippen molar-refractivity contribution < 1.29 is 13.6 Å². The highest BCUT2D eigenvalue weighted by Gasteiger charge is 2.24. The third-order valence-electron chi connectivity index (χ3n) is 2.25. The number of carbonyl (C=O) groups excluding carboxylic acids is 1. The minimum absolute atomic E-state index is 0.0553. The molecule has 0 radical (unpaired) electrons. The van der Waals surface area contributed by atoms with Gasteiger partial charge in [0.2, 0.25) is 0 Å². The maximum Gasteiger partial charge on any atom is 0.177 e. The topological polar surface area (TPSA) is 40.9 Å². The number of nitriles is 1. The van der Waals surface area contributed by atoms with Crippen LogP contribution in [0.25, 0.3) is 0 Å². The Morgan fingerprint density at radius 1 is 1.35 bits per heavy atom. The summed E-state index contributed by atoms with van der Waals surface area (Å²) in [5.74, 6) is -2.46. The lowest BCUT2D eigenvalue weighted by Gasteiger charge is -2.15. The van der Waals surface area contributed by atoms with Crippen LogP contribution in [-0.2, 0) is 0 Å². The fourth-order valence-corrected chi connectivity index (χ4v) is 1.99. The summed E-state index contributed by atoms with van der Waals surface area (Å²) in [4.78, 5) is 12.0. The number of rotatable bonds is 4. The molecule has 0 fully saturated rings. The van der Waals surface area contributed by atoms with Gasteiger partial charge in [-0.2, -0.15) is 5.26 Å². The minimum Gasteiger partial charge on any atom is -0.293 e. The molecule has 0 aliphatic rings. The summed E-state index contributed by atoms with van der Waals surface area (Å²) in [7, 11) is 0. The molecule has 17 heavy (non-hydrogen) atoms. The Morgan fingerprint density at radius 2 is 2.00 bits per heavy atom. The van der Waals surface area contributed by atoms with Gasteiger partial charge in [0.1, 0.15) is 5.40 Å². The number of benzene rings is 1. The minimum atomic E-state index is -1.06. The van der Waals surface area contributed by atoms with Crippen LogP contribution in [0.2, 0.25) is 0 Å². The van der Waals surface area contributed by atoms with Crippen LogP contribution in [-0.4, -0.2) is 11.0 Å². The lowest BCUT2D eigenvalue weighted by atomic mass is 10.0. The summed E-state index contributed by atoms with van der Waals surface area (Å²) in [5, 5.41) is 9.90. The number of ketones is 1. The Bertz CT molecular complexity index is 468. The van der Waals surface area contributed by atoms with Crippen molar-refractivity contribution in [3.8, 4) is 5.40 Å². The van der Waals surface area contributed by atoms with Crippen LogP contribution in [0.1, 0.15) is 24.2 Å². The molecular formula is C12H11F2NOS. The van der Waals surface area contributed by atoms with Gasteiger partial charge < -0.3 is 0 Å². The molecular weight excluding hydrogens is 244 g/mol. The number of carbonyl (C=O) groups is 1. The quantitative estimate of drug-likeness (QED) is 0.611. The molecule has 0 N–H and O–H groups in total. The first-order valence-electron chi connectivity index (χ1n) is 5.01. The fraction of sp³-hybridized carbons (Fsp3) is 0.333. The second kappa shape index (κ2) is 5.78. The summed E-state index contributed by atoms with van der Waals surface area (Å²) in [5.41, 5.74) is 0.0883. The number of hydrogen-bond acceptors (Lipinski definition) is 3. The van der Waals surface area contributed by atoms with Crippen LogP contribution in [0.4, 0.5) is 8.78 Å². The van der Waals surface area contributed by atoms with Gasteiger partial charge in [-0.15, -0.1) is 0 Å². The summed E-state index contributed by atoms with van der Waals surface area (Å²) in [6.45, 7) is 3.60. The van der Waals surface area contributed by atoms with Gasteiger partial charge in [0.25, 0.3) is 0 Å². The lowest BCUT2D eigenvalue weighted by molar-refractivity contribution is 0.0975. The molecule has 5 heteroatoms.